The van der Waals surface area contributed by atoms with E-state index in [0.29, 0.717) is 5.41 Å². The predicted octanol–water partition coefficient (Wildman–Crippen LogP) is 2.61. The highest BCUT2D eigenvalue weighted by Gasteiger charge is 2.15. The van der Waals surface area contributed by atoms with E-state index in [1.54, 1.807) is 0 Å². The Labute approximate surface area is 92.1 Å². The average molecular weight is 207 g/mol. The Morgan fingerprint density at radius 2 is 1.80 bits per heavy atom. The minimum atomic E-state index is -0.0372. The third-order valence-electron chi connectivity index (χ3n) is 2.34. The van der Waals surface area contributed by atoms with E-state index in [1.165, 1.54) is 0 Å². The van der Waals surface area contributed by atoms with Gasteiger partial charge in [-0.1, -0.05) is 20.8 Å². The third-order valence-corrected chi connectivity index (χ3v) is 2.34. The SMILES string of the molecule is Cc1cnc(C(N)CCC(C)(C)C)nc1. The fourth-order valence-corrected chi connectivity index (χ4v) is 1.31. The van der Waals surface area contributed by atoms with Crippen molar-refractivity contribution >= 4 is 0 Å². The van der Waals surface area contributed by atoms with Gasteiger partial charge in [-0.25, -0.2) is 9.97 Å². The second-order valence-electron chi connectivity index (χ2n) is 5.32. The van der Waals surface area contributed by atoms with E-state index in [0.717, 1.165) is 24.2 Å². The van der Waals surface area contributed by atoms with Gasteiger partial charge in [0.05, 0.1) is 6.04 Å². The minimum Gasteiger partial charge on any atom is -0.321 e. The number of hydrogen-bond donors (Lipinski definition) is 1. The summed E-state index contributed by atoms with van der Waals surface area (Å²) in [5.74, 6) is 0.754. The molecule has 0 aliphatic rings. The summed E-state index contributed by atoms with van der Waals surface area (Å²) >= 11 is 0. The molecule has 0 radical (unpaired) electrons. The van der Waals surface area contributed by atoms with Crippen LogP contribution in [0.1, 0.15) is 51.0 Å². The summed E-state index contributed by atoms with van der Waals surface area (Å²) in [7, 11) is 0. The first-order valence-corrected chi connectivity index (χ1v) is 5.42. The molecule has 0 aliphatic heterocycles. The van der Waals surface area contributed by atoms with Crippen LogP contribution in [0.5, 0.6) is 0 Å². The zero-order valence-electron chi connectivity index (χ0n) is 10.1. The lowest BCUT2D eigenvalue weighted by Gasteiger charge is -2.20. The van der Waals surface area contributed by atoms with Gasteiger partial charge in [0.2, 0.25) is 0 Å². The maximum absolute atomic E-state index is 6.03. The molecular formula is C12H21N3. The van der Waals surface area contributed by atoms with Crippen LogP contribution in [0.4, 0.5) is 0 Å². The van der Waals surface area contributed by atoms with Crippen LogP contribution >= 0.6 is 0 Å². The molecule has 84 valence electrons. The van der Waals surface area contributed by atoms with Gasteiger partial charge in [0.15, 0.2) is 0 Å². The molecule has 1 heterocycles. The highest BCUT2D eigenvalue weighted by Crippen LogP contribution is 2.24. The molecule has 0 bridgehead atoms. The molecule has 1 atom stereocenters. The van der Waals surface area contributed by atoms with E-state index in [1.807, 2.05) is 19.3 Å². The van der Waals surface area contributed by atoms with Crippen molar-refractivity contribution in [2.24, 2.45) is 11.1 Å². The van der Waals surface area contributed by atoms with Gasteiger partial charge in [0.25, 0.3) is 0 Å². The molecule has 0 aliphatic carbocycles. The quantitative estimate of drug-likeness (QED) is 0.829. The van der Waals surface area contributed by atoms with E-state index in [2.05, 4.69) is 30.7 Å². The predicted molar refractivity (Wildman–Crippen MR) is 62.4 cm³/mol. The molecule has 0 saturated carbocycles. The molecule has 3 nitrogen and oxygen atoms in total. The first kappa shape index (κ1) is 12.1. The van der Waals surface area contributed by atoms with Gasteiger partial charge in [-0.05, 0) is 30.7 Å². The molecule has 0 spiro atoms. The number of nitrogens with zero attached hydrogens (tertiary/aromatic N) is 2. The Kier molecular flexibility index (Phi) is 3.80. The number of aryl methyl sites for hydroxylation is 1. The fourth-order valence-electron chi connectivity index (χ4n) is 1.31. The van der Waals surface area contributed by atoms with Crippen molar-refractivity contribution in [1.29, 1.82) is 0 Å². The molecule has 1 aromatic heterocycles. The summed E-state index contributed by atoms with van der Waals surface area (Å²) in [5.41, 5.74) is 7.42. The first-order chi connectivity index (χ1) is 6.88. The lowest BCUT2D eigenvalue weighted by molar-refractivity contribution is 0.346. The van der Waals surface area contributed by atoms with Gasteiger partial charge in [-0.2, -0.15) is 0 Å². The summed E-state index contributed by atoms with van der Waals surface area (Å²) in [4.78, 5) is 8.49. The van der Waals surface area contributed by atoms with Crippen LogP contribution in [0.3, 0.4) is 0 Å². The van der Waals surface area contributed by atoms with E-state index in [-0.39, 0.29) is 6.04 Å². The lowest BCUT2D eigenvalue weighted by atomic mass is 9.89. The monoisotopic (exact) mass is 207 g/mol. The standard InChI is InChI=1S/C12H21N3/c1-9-7-14-11(15-8-9)10(13)5-6-12(2,3)4/h7-8,10H,5-6,13H2,1-4H3. The van der Waals surface area contributed by atoms with Gasteiger partial charge in [-0.3, -0.25) is 0 Å². The molecule has 1 unspecified atom stereocenters. The second-order valence-corrected chi connectivity index (χ2v) is 5.32. The highest BCUT2D eigenvalue weighted by atomic mass is 14.9. The van der Waals surface area contributed by atoms with E-state index < -0.39 is 0 Å². The molecule has 0 saturated heterocycles. The Balaban J connectivity index is 2.54. The fraction of sp³-hybridized carbons (Fsp3) is 0.667. The highest BCUT2D eigenvalue weighted by molar-refractivity contribution is 5.04. The Bertz CT molecular complexity index is 298. The number of nitrogens with two attached hydrogens (primary N) is 1. The second kappa shape index (κ2) is 4.71. The van der Waals surface area contributed by atoms with E-state index >= 15 is 0 Å². The van der Waals surface area contributed by atoms with Gasteiger partial charge >= 0.3 is 0 Å². The van der Waals surface area contributed by atoms with Gasteiger partial charge in [0, 0.05) is 12.4 Å². The minimum absolute atomic E-state index is 0.0372. The van der Waals surface area contributed by atoms with Crippen LogP contribution in [0.25, 0.3) is 0 Å². The molecule has 1 aromatic rings. The summed E-state index contributed by atoms with van der Waals surface area (Å²) in [6.07, 6.45) is 5.66. The maximum Gasteiger partial charge on any atom is 0.144 e. The van der Waals surface area contributed by atoms with Gasteiger partial charge < -0.3 is 5.73 Å². The van der Waals surface area contributed by atoms with Crippen molar-refractivity contribution in [1.82, 2.24) is 9.97 Å². The Hall–Kier alpha value is -0.960. The molecule has 1 rings (SSSR count). The molecule has 15 heavy (non-hydrogen) atoms. The summed E-state index contributed by atoms with van der Waals surface area (Å²) < 4.78 is 0. The van der Waals surface area contributed by atoms with Crippen LogP contribution in [0, 0.1) is 12.3 Å². The van der Waals surface area contributed by atoms with Crippen molar-refractivity contribution in [3.05, 3.63) is 23.8 Å². The number of aromatic nitrogens is 2. The summed E-state index contributed by atoms with van der Waals surface area (Å²) in [5, 5.41) is 0. The number of rotatable bonds is 3. The van der Waals surface area contributed by atoms with Crippen molar-refractivity contribution in [2.45, 2.75) is 46.6 Å². The van der Waals surface area contributed by atoms with Crippen LogP contribution in [-0.2, 0) is 0 Å². The molecule has 0 fully saturated rings. The molecule has 2 N–H and O–H groups in total. The average Bonchev–Trinajstić information content (AvgIpc) is 2.14. The van der Waals surface area contributed by atoms with Crippen molar-refractivity contribution in [2.75, 3.05) is 0 Å². The van der Waals surface area contributed by atoms with Crippen molar-refractivity contribution in [3.63, 3.8) is 0 Å². The van der Waals surface area contributed by atoms with Crippen molar-refractivity contribution in [3.8, 4) is 0 Å². The van der Waals surface area contributed by atoms with Crippen LogP contribution in [0.15, 0.2) is 12.4 Å². The van der Waals surface area contributed by atoms with E-state index in [4.69, 9.17) is 5.73 Å². The Morgan fingerprint density at radius 3 is 2.27 bits per heavy atom. The first-order valence-electron chi connectivity index (χ1n) is 5.42. The third kappa shape index (κ3) is 4.38. The summed E-state index contributed by atoms with van der Waals surface area (Å²) in [6.45, 7) is 8.63. The number of hydrogen-bond acceptors (Lipinski definition) is 3. The molecule has 3 heteroatoms. The Morgan fingerprint density at radius 1 is 1.27 bits per heavy atom. The molecule has 0 amide bonds. The largest absolute Gasteiger partial charge is 0.321 e. The van der Waals surface area contributed by atoms with E-state index in [9.17, 15) is 0 Å². The van der Waals surface area contributed by atoms with Gasteiger partial charge in [-0.15, -0.1) is 0 Å². The topological polar surface area (TPSA) is 51.8 Å². The lowest BCUT2D eigenvalue weighted by Crippen LogP contribution is -2.17. The molecule has 0 aromatic carbocycles. The van der Waals surface area contributed by atoms with Gasteiger partial charge in [0.1, 0.15) is 5.82 Å². The smallest absolute Gasteiger partial charge is 0.144 e. The zero-order valence-corrected chi connectivity index (χ0v) is 10.1. The normalized spacial score (nSPS) is 13.9. The summed E-state index contributed by atoms with van der Waals surface area (Å²) in [6, 6.07) is -0.0372. The zero-order chi connectivity index (χ0) is 11.5. The van der Waals surface area contributed by atoms with Crippen molar-refractivity contribution < 1.29 is 0 Å². The molecular weight excluding hydrogens is 186 g/mol. The maximum atomic E-state index is 6.03. The van der Waals surface area contributed by atoms with Crippen LogP contribution in [0.2, 0.25) is 0 Å². The van der Waals surface area contributed by atoms with Crippen LogP contribution < -0.4 is 5.73 Å². The van der Waals surface area contributed by atoms with Crippen LogP contribution in [-0.4, -0.2) is 9.97 Å².